The van der Waals surface area contributed by atoms with E-state index < -0.39 is 59.8 Å². The van der Waals surface area contributed by atoms with Gasteiger partial charge in [0.15, 0.2) is 6.29 Å². The average molecular weight is 977 g/mol. The van der Waals surface area contributed by atoms with E-state index in [0.717, 1.165) is 38.5 Å². The molecular weight excluding hydrogens is 873 g/mol. The summed E-state index contributed by atoms with van der Waals surface area (Å²) in [6, 6.07) is 0. The number of hydrogen-bond donors (Lipinski definition) is 4. The van der Waals surface area contributed by atoms with E-state index in [4.69, 9.17) is 18.9 Å². The molecule has 6 unspecified atom stereocenters. The van der Waals surface area contributed by atoms with Gasteiger partial charge in [-0.25, -0.2) is 4.18 Å². The molecule has 0 aliphatic carbocycles. The van der Waals surface area contributed by atoms with E-state index in [2.05, 4.69) is 30.2 Å². The van der Waals surface area contributed by atoms with Crippen LogP contribution >= 0.6 is 0 Å². The number of carbonyl (C=O) groups excluding carboxylic acids is 1. The monoisotopic (exact) mass is 977 g/mol. The zero-order valence-electron chi connectivity index (χ0n) is 43.0. The highest BCUT2D eigenvalue weighted by Gasteiger charge is 2.48. The highest BCUT2D eigenvalue weighted by molar-refractivity contribution is 7.80. The van der Waals surface area contributed by atoms with Crippen LogP contribution in [0.4, 0.5) is 0 Å². The highest BCUT2D eigenvalue weighted by atomic mass is 32.3. The number of aliphatic hydroxyl groups excluding tert-OH is 3. The van der Waals surface area contributed by atoms with Crippen molar-refractivity contribution in [2.24, 2.45) is 0 Å². The van der Waals surface area contributed by atoms with Crippen molar-refractivity contribution in [2.75, 3.05) is 26.4 Å². The first kappa shape index (κ1) is 63.9. The summed E-state index contributed by atoms with van der Waals surface area (Å²) >= 11 is 0. The van der Waals surface area contributed by atoms with E-state index >= 15 is 0 Å². The fourth-order valence-electron chi connectivity index (χ4n) is 8.91. The van der Waals surface area contributed by atoms with Crippen LogP contribution in [0.15, 0.2) is 12.2 Å². The number of ether oxygens (including phenoxy) is 4. The van der Waals surface area contributed by atoms with Gasteiger partial charge in [0, 0.05) is 13.0 Å². The van der Waals surface area contributed by atoms with Crippen LogP contribution in [-0.2, 0) is 38.3 Å². The number of hydrogen-bond acceptors (Lipinski definition) is 11. The maximum atomic E-state index is 12.9. The summed E-state index contributed by atoms with van der Waals surface area (Å²) in [4.78, 5) is 12.9. The molecule has 1 fully saturated rings. The maximum Gasteiger partial charge on any atom is 0.397 e. The lowest BCUT2D eigenvalue weighted by atomic mass is 9.99. The molecule has 0 amide bonds. The Morgan fingerprint density at radius 3 is 1.34 bits per heavy atom. The van der Waals surface area contributed by atoms with E-state index in [1.807, 2.05) is 0 Å². The number of aliphatic hydroxyl groups is 3. The highest BCUT2D eigenvalue weighted by Crippen LogP contribution is 2.26. The molecule has 67 heavy (non-hydrogen) atoms. The molecule has 0 aromatic carbocycles. The largest absolute Gasteiger partial charge is 0.457 e. The van der Waals surface area contributed by atoms with Gasteiger partial charge in [0.05, 0.1) is 19.8 Å². The number of carbonyl (C=O) groups is 1. The van der Waals surface area contributed by atoms with Gasteiger partial charge in [-0.15, -0.1) is 0 Å². The number of esters is 1. The van der Waals surface area contributed by atoms with Crippen molar-refractivity contribution in [3.63, 3.8) is 0 Å². The third kappa shape index (κ3) is 39.2. The molecule has 0 bridgehead atoms. The van der Waals surface area contributed by atoms with Gasteiger partial charge in [0.25, 0.3) is 0 Å². The van der Waals surface area contributed by atoms with Crippen LogP contribution in [0.2, 0.25) is 0 Å². The Hall–Kier alpha value is -1.16. The Morgan fingerprint density at radius 2 is 0.940 bits per heavy atom. The second-order valence-corrected chi connectivity index (χ2v) is 20.6. The number of rotatable bonds is 50. The van der Waals surface area contributed by atoms with Crippen molar-refractivity contribution in [1.29, 1.82) is 0 Å². The van der Waals surface area contributed by atoms with Crippen molar-refractivity contribution < 1.29 is 56.2 Å². The minimum Gasteiger partial charge on any atom is -0.457 e. The molecule has 13 heteroatoms. The van der Waals surface area contributed by atoms with Gasteiger partial charge in [-0.2, -0.15) is 8.42 Å². The number of unbranched alkanes of at least 4 members (excludes halogenated alkanes) is 35. The Labute approximate surface area is 410 Å². The summed E-state index contributed by atoms with van der Waals surface area (Å²) in [7, 11) is -5.06. The molecule has 0 radical (unpaired) electrons. The summed E-state index contributed by atoms with van der Waals surface area (Å²) in [6.07, 6.45) is 43.9. The fourth-order valence-corrected chi connectivity index (χ4v) is 9.41. The Morgan fingerprint density at radius 1 is 0.552 bits per heavy atom. The molecule has 4 N–H and O–H groups in total. The molecule has 398 valence electrons. The summed E-state index contributed by atoms with van der Waals surface area (Å²) in [6.45, 7) is 4.05. The standard InChI is InChI=1S/C54H104O12S/c1-3-5-7-9-11-13-15-17-19-21-23-24-26-28-30-32-34-36-38-40-42-44-62-46-48(47-63-54-52(58)53(66-67(59,60)61)51(57)49(45-55)65-54)64-50(56)43-41-39-37-35-33-31-29-27-25-22-20-18-16-14-12-10-8-6-4-2/h18,20,48-49,51-55,57-58H,3-17,19,21-47H2,1-2H3,(H,59,60,61)/b20-18-. The second kappa shape index (κ2) is 45.9. The quantitative estimate of drug-likeness (QED) is 0.0197. The molecule has 0 spiro atoms. The summed E-state index contributed by atoms with van der Waals surface area (Å²) in [5, 5.41) is 30.8. The van der Waals surface area contributed by atoms with Crippen LogP contribution in [-0.4, -0.2) is 97.5 Å². The predicted molar refractivity (Wildman–Crippen MR) is 271 cm³/mol. The van der Waals surface area contributed by atoms with Crippen LogP contribution < -0.4 is 0 Å². The molecule has 1 aliphatic rings. The first-order valence-electron chi connectivity index (χ1n) is 27.9. The molecule has 1 heterocycles. The van der Waals surface area contributed by atoms with E-state index in [-0.39, 0.29) is 19.6 Å². The van der Waals surface area contributed by atoms with E-state index in [1.54, 1.807) is 0 Å². The topological polar surface area (TPSA) is 178 Å². The molecular formula is C54H104O12S. The van der Waals surface area contributed by atoms with Gasteiger partial charge in [-0.3, -0.25) is 9.35 Å². The fraction of sp³-hybridized carbons (Fsp3) is 0.944. The molecule has 1 saturated heterocycles. The molecule has 0 aromatic heterocycles. The van der Waals surface area contributed by atoms with Crippen molar-refractivity contribution in [3.8, 4) is 0 Å². The van der Waals surface area contributed by atoms with Crippen LogP contribution in [0.3, 0.4) is 0 Å². The van der Waals surface area contributed by atoms with Crippen molar-refractivity contribution >= 4 is 16.4 Å². The van der Waals surface area contributed by atoms with Crippen molar-refractivity contribution in [3.05, 3.63) is 12.2 Å². The average Bonchev–Trinajstić information content (AvgIpc) is 3.30. The molecule has 1 rings (SSSR count). The molecule has 0 aromatic rings. The molecule has 6 atom stereocenters. The summed E-state index contributed by atoms with van der Waals surface area (Å²) in [5.41, 5.74) is 0. The lowest BCUT2D eigenvalue weighted by molar-refractivity contribution is -0.301. The molecule has 1 aliphatic heterocycles. The minimum atomic E-state index is -5.06. The number of allylic oxidation sites excluding steroid dienone is 2. The minimum absolute atomic E-state index is 0.0419. The van der Waals surface area contributed by atoms with Gasteiger partial charge in [-0.05, 0) is 38.5 Å². The summed E-state index contributed by atoms with van der Waals surface area (Å²) in [5.74, 6) is -0.395. The Bertz CT molecular complexity index is 1220. The zero-order valence-corrected chi connectivity index (χ0v) is 43.8. The second-order valence-electron chi connectivity index (χ2n) is 19.5. The third-order valence-electron chi connectivity index (χ3n) is 13.1. The Balaban J connectivity index is 2.30. The molecule has 0 saturated carbocycles. The van der Waals surface area contributed by atoms with Crippen LogP contribution in [0.25, 0.3) is 0 Å². The van der Waals surface area contributed by atoms with Gasteiger partial charge >= 0.3 is 16.4 Å². The van der Waals surface area contributed by atoms with Crippen LogP contribution in [0, 0.1) is 0 Å². The van der Waals surface area contributed by atoms with Gasteiger partial charge in [0.2, 0.25) is 0 Å². The van der Waals surface area contributed by atoms with Crippen molar-refractivity contribution in [2.45, 2.75) is 301 Å². The first-order chi connectivity index (χ1) is 32.6. The van der Waals surface area contributed by atoms with Gasteiger partial charge in [-0.1, -0.05) is 231 Å². The molecule has 12 nitrogen and oxygen atoms in total. The third-order valence-corrected chi connectivity index (χ3v) is 13.6. The smallest absolute Gasteiger partial charge is 0.397 e. The van der Waals surface area contributed by atoms with Crippen molar-refractivity contribution in [1.82, 2.24) is 0 Å². The first-order valence-corrected chi connectivity index (χ1v) is 29.3. The van der Waals surface area contributed by atoms with Gasteiger partial charge in [0.1, 0.15) is 30.5 Å². The summed E-state index contributed by atoms with van der Waals surface area (Å²) < 4.78 is 59.4. The van der Waals surface area contributed by atoms with E-state index in [1.165, 1.54) is 199 Å². The Kier molecular flexibility index (Phi) is 43.8. The maximum absolute atomic E-state index is 12.9. The van der Waals surface area contributed by atoms with E-state index in [0.29, 0.717) is 13.0 Å². The van der Waals surface area contributed by atoms with E-state index in [9.17, 15) is 33.1 Å². The zero-order chi connectivity index (χ0) is 48.9. The lowest BCUT2D eigenvalue weighted by Crippen LogP contribution is -2.60. The predicted octanol–water partition coefficient (Wildman–Crippen LogP) is 13.4. The van der Waals surface area contributed by atoms with Crippen LogP contribution in [0.5, 0.6) is 0 Å². The SMILES string of the molecule is CCCCCCCC/C=C\CCCCCCCCCCCC(=O)OC(COCCCCCCCCCCCCCCCCCCCCCCC)COC1OC(CO)C(O)C(OS(=O)(=O)O)C1O. The van der Waals surface area contributed by atoms with Crippen LogP contribution in [0.1, 0.15) is 264 Å². The normalized spacial score (nSPS) is 19.4. The van der Waals surface area contributed by atoms with Gasteiger partial charge < -0.3 is 34.3 Å². The lowest BCUT2D eigenvalue weighted by Gasteiger charge is -2.41.